The molecule has 1 aliphatic heterocycles. The number of benzene rings is 1. The topological polar surface area (TPSA) is 50.3 Å². The zero-order valence-electron chi connectivity index (χ0n) is 15.6. The Labute approximate surface area is 153 Å². The van der Waals surface area contributed by atoms with Crippen molar-refractivity contribution in [2.24, 2.45) is 0 Å². The number of aromatic nitrogens is 2. The molecule has 3 aromatic rings. The van der Waals surface area contributed by atoms with Crippen LogP contribution in [0.5, 0.6) is 5.75 Å². The molecule has 1 N–H and O–H groups in total. The molecule has 0 bridgehead atoms. The summed E-state index contributed by atoms with van der Waals surface area (Å²) in [5, 5.41) is 1.16. The van der Waals surface area contributed by atoms with E-state index in [4.69, 9.17) is 4.74 Å². The predicted molar refractivity (Wildman–Crippen MR) is 102 cm³/mol. The number of carbonyl (C=O) groups excluding carboxylic acids is 1. The Morgan fingerprint density at radius 1 is 1.19 bits per heavy atom. The van der Waals surface area contributed by atoms with E-state index in [0.29, 0.717) is 13.0 Å². The first-order chi connectivity index (χ1) is 12.6. The molecule has 26 heavy (non-hydrogen) atoms. The van der Waals surface area contributed by atoms with Gasteiger partial charge in [0.1, 0.15) is 5.75 Å². The number of carbonyl (C=O) groups is 1. The maximum Gasteiger partial charge on any atom is 0.224 e. The highest BCUT2D eigenvalue weighted by atomic mass is 16.5. The van der Waals surface area contributed by atoms with Crippen molar-refractivity contribution < 1.29 is 9.53 Å². The molecule has 136 valence electrons. The lowest BCUT2D eigenvalue weighted by atomic mass is 10.0. The lowest BCUT2D eigenvalue weighted by Crippen LogP contribution is -2.36. The first-order valence-electron chi connectivity index (χ1n) is 9.15. The van der Waals surface area contributed by atoms with Gasteiger partial charge in [0, 0.05) is 66.0 Å². The predicted octanol–water partition coefficient (Wildman–Crippen LogP) is 3.57. The SMILES string of the molecule is COc1ccc2[nH]c3c(c2c1)CN(C(=O)CCn1c(C)ccc1C)CC3. The molecule has 5 heteroatoms. The van der Waals surface area contributed by atoms with Crippen LogP contribution in [0.25, 0.3) is 10.9 Å². The van der Waals surface area contributed by atoms with E-state index in [-0.39, 0.29) is 5.91 Å². The van der Waals surface area contributed by atoms with Crippen LogP contribution in [0.15, 0.2) is 30.3 Å². The van der Waals surface area contributed by atoms with E-state index in [1.807, 2.05) is 11.0 Å². The van der Waals surface area contributed by atoms with Gasteiger partial charge in [-0.25, -0.2) is 0 Å². The van der Waals surface area contributed by atoms with Crippen molar-refractivity contribution in [1.82, 2.24) is 14.5 Å². The van der Waals surface area contributed by atoms with Crippen molar-refractivity contribution in [3.8, 4) is 5.75 Å². The number of rotatable bonds is 4. The van der Waals surface area contributed by atoms with Crippen molar-refractivity contribution in [2.45, 2.75) is 39.8 Å². The largest absolute Gasteiger partial charge is 0.497 e. The minimum atomic E-state index is 0.223. The molecule has 0 spiro atoms. The van der Waals surface area contributed by atoms with Crippen LogP contribution in [-0.4, -0.2) is 34.0 Å². The van der Waals surface area contributed by atoms with Crippen LogP contribution in [-0.2, 0) is 24.3 Å². The maximum atomic E-state index is 12.8. The number of H-pyrrole nitrogens is 1. The van der Waals surface area contributed by atoms with Crippen LogP contribution in [0.3, 0.4) is 0 Å². The first kappa shape index (κ1) is 16.8. The summed E-state index contributed by atoms with van der Waals surface area (Å²) in [5.41, 5.74) is 6.00. The lowest BCUT2D eigenvalue weighted by molar-refractivity contribution is -0.132. The Morgan fingerprint density at radius 3 is 2.69 bits per heavy atom. The molecule has 0 atom stereocenters. The summed E-state index contributed by atoms with van der Waals surface area (Å²) in [7, 11) is 1.68. The summed E-state index contributed by atoms with van der Waals surface area (Å²) >= 11 is 0. The van der Waals surface area contributed by atoms with Crippen LogP contribution in [0.2, 0.25) is 0 Å². The van der Waals surface area contributed by atoms with Gasteiger partial charge < -0.3 is 19.2 Å². The van der Waals surface area contributed by atoms with E-state index in [1.165, 1.54) is 22.6 Å². The third kappa shape index (κ3) is 2.87. The van der Waals surface area contributed by atoms with Crippen LogP contribution in [0.1, 0.15) is 29.1 Å². The van der Waals surface area contributed by atoms with Gasteiger partial charge in [-0.2, -0.15) is 0 Å². The second-order valence-electron chi connectivity index (χ2n) is 7.08. The number of ether oxygens (including phenoxy) is 1. The third-order valence-electron chi connectivity index (χ3n) is 5.50. The highest BCUT2D eigenvalue weighted by Crippen LogP contribution is 2.30. The summed E-state index contributed by atoms with van der Waals surface area (Å²) in [6, 6.07) is 10.3. The molecule has 1 aliphatic rings. The van der Waals surface area contributed by atoms with E-state index in [0.717, 1.165) is 36.2 Å². The summed E-state index contributed by atoms with van der Waals surface area (Å²) in [5.74, 6) is 1.07. The molecule has 3 heterocycles. The monoisotopic (exact) mass is 351 g/mol. The van der Waals surface area contributed by atoms with Crippen molar-refractivity contribution in [2.75, 3.05) is 13.7 Å². The lowest BCUT2D eigenvalue weighted by Gasteiger charge is -2.27. The summed E-state index contributed by atoms with van der Waals surface area (Å²) in [6.45, 7) is 6.37. The maximum absolute atomic E-state index is 12.8. The third-order valence-corrected chi connectivity index (χ3v) is 5.50. The normalized spacial score (nSPS) is 13.9. The van der Waals surface area contributed by atoms with Gasteiger partial charge in [0.15, 0.2) is 0 Å². The highest BCUT2D eigenvalue weighted by molar-refractivity contribution is 5.87. The smallest absolute Gasteiger partial charge is 0.224 e. The van der Waals surface area contributed by atoms with E-state index >= 15 is 0 Å². The average Bonchev–Trinajstić information content (AvgIpc) is 3.18. The van der Waals surface area contributed by atoms with Crippen molar-refractivity contribution >= 4 is 16.8 Å². The number of fused-ring (bicyclic) bond motifs is 3. The standard InChI is InChI=1S/C21H25N3O2/c1-14-4-5-15(2)24(14)11-9-21(25)23-10-8-20-18(13-23)17-12-16(26-3)6-7-19(17)22-20/h4-7,12,22H,8-11,13H2,1-3H3. The zero-order valence-corrected chi connectivity index (χ0v) is 15.6. The number of nitrogens with one attached hydrogen (secondary N) is 1. The Balaban J connectivity index is 1.51. The second kappa shape index (κ2) is 6.56. The summed E-state index contributed by atoms with van der Waals surface area (Å²) < 4.78 is 7.57. The molecule has 0 fully saturated rings. The van der Waals surface area contributed by atoms with E-state index < -0.39 is 0 Å². The van der Waals surface area contributed by atoms with Crippen LogP contribution >= 0.6 is 0 Å². The van der Waals surface area contributed by atoms with Crippen LogP contribution < -0.4 is 4.74 Å². The fourth-order valence-corrected chi connectivity index (χ4v) is 3.95. The van der Waals surface area contributed by atoms with Crippen molar-refractivity contribution in [3.05, 3.63) is 53.0 Å². The van der Waals surface area contributed by atoms with Gasteiger partial charge in [-0.3, -0.25) is 4.79 Å². The minimum Gasteiger partial charge on any atom is -0.497 e. The van der Waals surface area contributed by atoms with Crippen LogP contribution in [0, 0.1) is 13.8 Å². The molecular formula is C21H25N3O2. The van der Waals surface area contributed by atoms with Gasteiger partial charge in [-0.05, 0) is 44.2 Å². The Bertz CT molecular complexity index is 948. The molecular weight excluding hydrogens is 326 g/mol. The average molecular weight is 351 g/mol. The van der Waals surface area contributed by atoms with Crippen LogP contribution in [0.4, 0.5) is 0 Å². The van der Waals surface area contributed by atoms with Gasteiger partial charge in [0.2, 0.25) is 5.91 Å². The van der Waals surface area contributed by atoms with Gasteiger partial charge in [0.05, 0.1) is 7.11 Å². The molecule has 1 aromatic carbocycles. The van der Waals surface area contributed by atoms with Crippen molar-refractivity contribution in [3.63, 3.8) is 0 Å². The van der Waals surface area contributed by atoms with E-state index in [9.17, 15) is 4.79 Å². The Hall–Kier alpha value is -2.69. The molecule has 0 saturated carbocycles. The summed E-state index contributed by atoms with van der Waals surface area (Å²) in [6.07, 6.45) is 1.41. The second-order valence-corrected chi connectivity index (χ2v) is 7.08. The van der Waals surface area contributed by atoms with Gasteiger partial charge in [-0.1, -0.05) is 0 Å². The molecule has 1 amide bonds. The highest BCUT2D eigenvalue weighted by Gasteiger charge is 2.24. The fraction of sp³-hybridized carbons (Fsp3) is 0.381. The zero-order chi connectivity index (χ0) is 18.3. The first-order valence-corrected chi connectivity index (χ1v) is 9.15. The van der Waals surface area contributed by atoms with Gasteiger partial charge >= 0.3 is 0 Å². The van der Waals surface area contributed by atoms with Crippen molar-refractivity contribution in [1.29, 1.82) is 0 Å². The molecule has 0 unspecified atom stereocenters. The minimum absolute atomic E-state index is 0.223. The molecule has 5 nitrogen and oxygen atoms in total. The van der Waals surface area contributed by atoms with E-state index in [1.54, 1.807) is 7.11 Å². The Morgan fingerprint density at radius 2 is 1.96 bits per heavy atom. The Kier molecular flexibility index (Phi) is 4.23. The number of aromatic amines is 1. The quantitative estimate of drug-likeness (QED) is 0.781. The fourth-order valence-electron chi connectivity index (χ4n) is 3.95. The molecule has 2 aromatic heterocycles. The number of nitrogens with zero attached hydrogens (tertiary/aromatic N) is 2. The number of hydrogen-bond donors (Lipinski definition) is 1. The number of hydrogen-bond acceptors (Lipinski definition) is 2. The summed E-state index contributed by atoms with van der Waals surface area (Å²) in [4.78, 5) is 18.3. The van der Waals surface area contributed by atoms with Gasteiger partial charge in [-0.15, -0.1) is 0 Å². The number of aryl methyl sites for hydroxylation is 2. The molecule has 0 aliphatic carbocycles. The van der Waals surface area contributed by atoms with E-state index in [2.05, 4.69) is 47.7 Å². The number of amides is 1. The molecule has 0 saturated heterocycles. The molecule has 0 radical (unpaired) electrons. The number of methoxy groups -OCH3 is 1. The molecule has 4 rings (SSSR count). The van der Waals surface area contributed by atoms with Gasteiger partial charge in [0.25, 0.3) is 0 Å².